The Hall–Kier alpha value is -1.58. The number of sulfonamides is 1. The van der Waals surface area contributed by atoms with Crippen LogP contribution in [0.1, 0.15) is 13.3 Å². The fourth-order valence-electron chi connectivity index (χ4n) is 1.15. The Morgan fingerprint density at radius 3 is 2.94 bits per heavy atom. The van der Waals surface area contributed by atoms with Crippen molar-refractivity contribution >= 4 is 10.0 Å². The number of rotatable bonds is 6. The zero-order valence-electron chi connectivity index (χ0n) is 10.2. The van der Waals surface area contributed by atoms with Crippen molar-refractivity contribution in [2.75, 3.05) is 18.9 Å². The summed E-state index contributed by atoms with van der Waals surface area (Å²) >= 11 is 0. The van der Waals surface area contributed by atoms with Gasteiger partial charge >= 0.3 is 0 Å². The first-order valence-corrected chi connectivity index (χ1v) is 7.25. The molecule has 0 amide bonds. The van der Waals surface area contributed by atoms with E-state index in [1.54, 1.807) is 24.5 Å². The number of nitrogens with one attached hydrogen (secondary N) is 1. The van der Waals surface area contributed by atoms with Crippen LogP contribution in [-0.2, 0) is 10.0 Å². The average molecular weight is 268 g/mol. The zero-order valence-corrected chi connectivity index (χ0v) is 11.0. The van der Waals surface area contributed by atoms with Crippen molar-refractivity contribution in [1.29, 1.82) is 0 Å². The van der Waals surface area contributed by atoms with Gasteiger partial charge in [-0.1, -0.05) is 18.8 Å². The van der Waals surface area contributed by atoms with Gasteiger partial charge in [0.2, 0.25) is 10.0 Å². The molecular weight excluding hydrogens is 252 g/mol. The summed E-state index contributed by atoms with van der Waals surface area (Å²) in [5.41, 5.74) is 0. The van der Waals surface area contributed by atoms with Crippen LogP contribution in [0.25, 0.3) is 0 Å². The molecule has 5 nitrogen and oxygen atoms in total. The maximum atomic E-state index is 11.3. The maximum Gasteiger partial charge on any atom is 0.212 e. The van der Waals surface area contributed by atoms with E-state index < -0.39 is 10.0 Å². The molecule has 0 aliphatic carbocycles. The molecule has 0 bridgehead atoms. The first kappa shape index (κ1) is 14.5. The molecule has 1 rings (SSSR count). The lowest BCUT2D eigenvalue weighted by atomic mass is 10.5. The molecule has 1 aromatic heterocycles. The van der Waals surface area contributed by atoms with Gasteiger partial charge in [0.25, 0.3) is 0 Å². The SMILES string of the molecule is CCCS(=O)(=O)NCC#CCOc1cccnc1. The lowest BCUT2D eigenvalue weighted by Crippen LogP contribution is -2.26. The van der Waals surface area contributed by atoms with Crippen molar-refractivity contribution in [3.8, 4) is 17.6 Å². The maximum absolute atomic E-state index is 11.3. The van der Waals surface area contributed by atoms with E-state index >= 15 is 0 Å². The quantitative estimate of drug-likeness (QED) is 0.775. The van der Waals surface area contributed by atoms with E-state index in [0.717, 1.165) is 0 Å². The number of hydrogen-bond donors (Lipinski definition) is 1. The van der Waals surface area contributed by atoms with Gasteiger partial charge in [-0.15, -0.1) is 0 Å². The van der Waals surface area contributed by atoms with Gasteiger partial charge in [0.05, 0.1) is 18.5 Å². The number of pyridine rings is 1. The Morgan fingerprint density at radius 2 is 2.28 bits per heavy atom. The summed E-state index contributed by atoms with van der Waals surface area (Å²) < 4.78 is 30.2. The predicted molar refractivity (Wildman–Crippen MR) is 69.6 cm³/mol. The van der Waals surface area contributed by atoms with Crippen LogP contribution in [0.15, 0.2) is 24.5 Å². The fraction of sp³-hybridized carbons (Fsp3) is 0.417. The molecule has 0 atom stereocenters. The van der Waals surface area contributed by atoms with E-state index in [1.807, 2.05) is 6.92 Å². The van der Waals surface area contributed by atoms with Crippen LogP contribution in [0, 0.1) is 11.8 Å². The van der Waals surface area contributed by atoms with E-state index in [2.05, 4.69) is 21.5 Å². The Labute approximate surface area is 108 Å². The zero-order chi connectivity index (χ0) is 13.3. The summed E-state index contributed by atoms with van der Waals surface area (Å²) in [4.78, 5) is 3.89. The lowest BCUT2D eigenvalue weighted by Gasteiger charge is -2.00. The molecule has 1 heterocycles. The van der Waals surface area contributed by atoms with Crippen LogP contribution >= 0.6 is 0 Å². The Kier molecular flexibility index (Phi) is 6.19. The predicted octanol–water partition coefficient (Wildman–Crippen LogP) is 0.793. The molecule has 0 radical (unpaired) electrons. The van der Waals surface area contributed by atoms with Crippen LogP contribution < -0.4 is 9.46 Å². The number of aromatic nitrogens is 1. The molecule has 0 unspecified atom stereocenters. The first-order chi connectivity index (χ1) is 8.64. The molecule has 0 fully saturated rings. The molecule has 0 aromatic carbocycles. The van der Waals surface area contributed by atoms with Gasteiger partial charge in [0, 0.05) is 6.20 Å². The third-order valence-corrected chi connectivity index (χ3v) is 3.45. The standard InChI is InChI=1S/C12H16N2O3S/c1-2-10-18(15,16)14-8-3-4-9-17-12-6-5-7-13-11-12/h5-7,11,14H,2,8-10H2,1H3. The normalized spacial score (nSPS) is 10.5. The second-order valence-electron chi connectivity index (χ2n) is 3.47. The van der Waals surface area contributed by atoms with Crippen LogP contribution in [0.3, 0.4) is 0 Å². The van der Waals surface area contributed by atoms with Gasteiger partial charge < -0.3 is 4.74 Å². The minimum atomic E-state index is -3.17. The second kappa shape index (κ2) is 7.69. The molecule has 18 heavy (non-hydrogen) atoms. The molecule has 98 valence electrons. The highest BCUT2D eigenvalue weighted by atomic mass is 32.2. The smallest absolute Gasteiger partial charge is 0.212 e. The van der Waals surface area contributed by atoms with E-state index in [9.17, 15) is 8.42 Å². The molecule has 1 aromatic rings. The summed E-state index contributed by atoms with van der Waals surface area (Å²) in [6.07, 6.45) is 3.83. The summed E-state index contributed by atoms with van der Waals surface area (Å²) in [6.45, 7) is 2.13. The highest BCUT2D eigenvalue weighted by Gasteiger charge is 2.05. The first-order valence-electron chi connectivity index (χ1n) is 5.60. The summed E-state index contributed by atoms with van der Waals surface area (Å²) in [7, 11) is -3.17. The highest BCUT2D eigenvalue weighted by molar-refractivity contribution is 7.89. The number of ether oxygens (including phenoxy) is 1. The monoisotopic (exact) mass is 268 g/mol. The van der Waals surface area contributed by atoms with Crippen molar-refractivity contribution < 1.29 is 13.2 Å². The molecule has 0 aliphatic heterocycles. The van der Waals surface area contributed by atoms with Crippen molar-refractivity contribution in [2.24, 2.45) is 0 Å². The van der Waals surface area contributed by atoms with Crippen LogP contribution in [0.4, 0.5) is 0 Å². The van der Waals surface area contributed by atoms with Crippen molar-refractivity contribution in [3.05, 3.63) is 24.5 Å². The Balaban J connectivity index is 2.23. The van der Waals surface area contributed by atoms with Gasteiger partial charge in [-0.05, 0) is 18.6 Å². The van der Waals surface area contributed by atoms with E-state index in [1.165, 1.54) is 0 Å². The second-order valence-corrected chi connectivity index (χ2v) is 5.40. The van der Waals surface area contributed by atoms with Crippen molar-refractivity contribution in [2.45, 2.75) is 13.3 Å². The van der Waals surface area contributed by atoms with Crippen LogP contribution in [0.5, 0.6) is 5.75 Å². The van der Waals surface area contributed by atoms with E-state index in [-0.39, 0.29) is 18.9 Å². The fourth-order valence-corrected chi connectivity index (χ4v) is 2.13. The molecule has 0 saturated heterocycles. The lowest BCUT2D eigenvalue weighted by molar-refractivity contribution is 0.368. The largest absolute Gasteiger partial charge is 0.479 e. The molecule has 0 saturated carbocycles. The van der Waals surface area contributed by atoms with Crippen LogP contribution in [-0.4, -0.2) is 32.3 Å². The van der Waals surface area contributed by atoms with Crippen molar-refractivity contribution in [1.82, 2.24) is 9.71 Å². The van der Waals surface area contributed by atoms with Gasteiger partial charge in [-0.25, -0.2) is 13.1 Å². The average Bonchev–Trinajstić information content (AvgIpc) is 2.35. The summed E-state index contributed by atoms with van der Waals surface area (Å²) in [5.74, 6) is 6.17. The highest BCUT2D eigenvalue weighted by Crippen LogP contribution is 2.04. The van der Waals surface area contributed by atoms with Crippen molar-refractivity contribution in [3.63, 3.8) is 0 Å². The topological polar surface area (TPSA) is 68.3 Å². The number of nitrogens with zero attached hydrogens (tertiary/aromatic N) is 1. The molecule has 1 N–H and O–H groups in total. The van der Waals surface area contributed by atoms with Gasteiger partial charge in [-0.2, -0.15) is 0 Å². The third kappa shape index (κ3) is 6.23. The van der Waals surface area contributed by atoms with Gasteiger partial charge in [0.1, 0.15) is 12.4 Å². The van der Waals surface area contributed by atoms with E-state index in [4.69, 9.17) is 4.74 Å². The molecule has 0 spiro atoms. The molecule has 0 aliphatic rings. The minimum Gasteiger partial charge on any atom is -0.479 e. The molecule has 6 heteroatoms. The number of hydrogen-bond acceptors (Lipinski definition) is 4. The van der Waals surface area contributed by atoms with Crippen LogP contribution in [0.2, 0.25) is 0 Å². The van der Waals surface area contributed by atoms with Gasteiger partial charge in [0.15, 0.2) is 0 Å². The van der Waals surface area contributed by atoms with Gasteiger partial charge in [-0.3, -0.25) is 4.98 Å². The van der Waals surface area contributed by atoms with E-state index in [0.29, 0.717) is 12.2 Å². The summed E-state index contributed by atoms with van der Waals surface area (Å²) in [6, 6.07) is 3.54. The Bertz CT molecular complexity index is 503. The Morgan fingerprint density at radius 1 is 1.44 bits per heavy atom. The third-order valence-electron chi connectivity index (χ3n) is 1.92. The molecular formula is C12H16N2O3S. The minimum absolute atomic E-state index is 0.110. The summed E-state index contributed by atoms with van der Waals surface area (Å²) in [5, 5.41) is 0.